The highest BCUT2D eigenvalue weighted by atomic mass is 15.2. The molecule has 112 valence electrons. The van der Waals surface area contributed by atoms with Crippen molar-refractivity contribution in [3.63, 3.8) is 0 Å². The number of aryl methyl sites for hydroxylation is 1. The van der Waals surface area contributed by atoms with Crippen LogP contribution in [0.15, 0.2) is 24.4 Å². The van der Waals surface area contributed by atoms with Crippen LogP contribution in [-0.2, 0) is 0 Å². The van der Waals surface area contributed by atoms with Gasteiger partial charge in [0, 0.05) is 35.7 Å². The van der Waals surface area contributed by atoms with Crippen LogP contribution in [0.2, 0.25) is 0 Å². The maximum Gasteiger partial charge on any atom is 0.136 e. The number of nitrogens with two attached hydrogens (primary N) is 1. The number of anilines is 2. The van der Waals surface area contributed by atoms with Gasteiger partial charge >= 0.3 is 0 Å². The van der Waals surface area contributed by atoms with E-state index >= 15 is 0 Å². The Morgan fingerprint density at radius 1 is 1.24 bits per heavy atom. The smallest absolute Gasteiger partial charge is 0.136 e. The summed E-state index contributed by atoms with van der Waals surface area (Å²) in [6.45, 7) is 4.44. The number of likely N-dealkylation sites (tertiary alicyclic amines) is 1. The molecule has 2 aromatic rings. The zero-order chi connectivity index (χ0) is 15.0. The number of nitrogen functional groups attached to an aromatic ring is 1. The Kier molecular flexibility index (Phi) is 3.72. The molecule has 1 fully saturated rings. The average molecular weight is 284 g/mol. The van der Waals surface area contributed by atoms with Gasteiger partial charge in [-0.2, -0.15) is 0 Å². The normalized spacial score (nSPS) is 17.3. The summed E-state index contributed by atoms with van der Waals surface area (Å²) in [5.74, 6) is 1.06. The number of rotatable bonds is 2. The molecule has 1 saturated heterocycles. The van der Waals surface area contributed by atoms with E-state index in [0.717, 1.165) is 30.0 Å². The van der Waals surface area contributed by atoms with Crippen LogP contribution in [0.5, 0.6) is 0 Å². The van der Waals surface area contributed by atoms with Gasteiger partial charge in [0.1, 0.15) is 5.82 Å². The maximum atomic E-state index is 6.14. The lowest BCUT2D eigenvalue weighted by Gasteiger charge is -2.36. The zero-order valence-corrected chi connectivity index (χ0v) is 13.1. The van der Waals surface area contributed by atoms with Gasteiger partial charge in [-0.25, -0.2) is 4.98 Å². The summed E-state index contributed by atoms with van der Waals surface area (Å²) in [7, 11) is 4.36. The first-order valence-electron chi connectivity index (χ1n) is 7.63. The molecule has 0 aliphatic carbocycles. The maximum absolute atomic E-state index is 6.14. The third-order valence-electron chi connectivity index (χ3n) is 4.72. The van der Waals surface area contributed by atoms with E-state index in [-0.39, 0.29) is 0 Å². The van der Waals surface area contributed by atoms with E-state index in [4.69, 9.17) is 5.73 Å². The second-order valence-electron chi connectivity index (χ2n) is 6.17. The fourth-order valence-electron chi connectivity index (χ4n) is 3.29. The predicted octanol–water partition coefficient (Wildman–Crippen LogP) is 2.66. The average Bonchev–Trinajstić information content (AvgIpc) is 2.50. The number of hydrogen-bond acceptors (Lipinski definition) is 4. The number of pyridine rings is 1. The van der Waals surface area contributed by atoms with Crippen molar-refractivity contribution in [2.45, 2.75) is 25.8 Å². The van der Waals surface area contributed by atoms with E-state index in [9.17, 15) is 0 Å². The van der Waals surface area contributed by atoms with E-state index in [2.05, 4.69) is 41.9 Å². The van der Waals surface area contributed by atoms with E-state index in [0.29, 0.717) is 6.04 Å². The van der Waals surface area contributed by atoms with Gasteiger partial charge in [-0.05, 0) is 57.6 Å². The first kappa shape index (κ1) is 14.1. The summed E-state index contributed by atoms with van der Waals surface area (Å²) < 4.78 is 0. The van der Waals surface area contributed by atoms with Crippen LogP contribution in [0.1, 0.15) is 18.4 Å². The topological polar surface area (TPSA) is 45.4 Å². The second-order valence-corrected chi connectivity index (χ2v) is 6.17. The van der Waals surface area contributed by atoms with Crippen LogP contribution in [0, 0.1) is 6.92 Å². The minimum atomic E-state index is 0.556. The van der Waals surface area contributed by atoms with Crippen molar-refractivity contribution in [2.75, 3.05) is 37.8 Å². The third kappa shape index (κ3) is 2.56. The molecule has 2 heterocycles. The van der Waals surface area contributed by atoms with Gasteiger partial charge < -0.3 is 15.5 Å². The second kappa shape index (κ2) is 5.53. The summed E-state index contributed by atoms with van der Waals surface area (Å²) in [5, 5.41) is 2.30. The molecule has 1 aliphatic heterocycles. The van der Waals surface area contributed by atoms with E-state index in [1.54, 1.807) is 0 Å². The lowest BCUT2D eigenvalue weighted by molar-refractivity contribution is 0.252. The number of nitrogens with zero attached hydrogens (tertiary/aromatic N) is 3. The van der Waals surface area contributed by atoms with Crippen molar-refractivity contribution in [3.8, 4) is 0 Å². The van der Waals surface area contributed by atoms with Crippen LogP contribution in [0.4, 0.5) is 11.5 Å². The molecule has 0 amide bonds. The molecule has 4 nitrogen and oxygen atoms in total. The summed E-state index contributed by atoms with van der Waals surface area (Å²) in [4.78, 5) is 9.40. The molecule has 0 unspecified atom stereocenters. The minimum Gasteiger partial charge on any atom is -0.398 e. The van der Waals surface area contributed by atoms with Crippen molar-refractivity contribution in [1.82, 2.24) is 9.88 Å². The lowest BCUT2D eigenvalue weighted by atomic mass is 10.0. The van der Waals surface area contributed by atoms with Crippen molar-refractivity contribution >= 4 is 22.3 Å². The van der Waals surface area contributed by atoms with Crippen molar-refractivity contribution in [2.24, 2.45) is 0 Å². The monoisotopic (exact) mass is 284 g/mol. The molecule has 1 aromatic carbocycles. The Morgan fingerprint density at radius 2 is 1.95 bits per heavy atom. The van der Waals surface area contributed by atoms with Crippen molar-refractivity contribution in [3.05, 3.63) is 30.0 Å². The molecule has 1 aliphatic rings. The number of fused-ring (bicyclic) bond motifs is 1. The molecule has 0 atom stereocenters. The van der Waals surface area contributed by atoms with Crippen molar-refractivity contribution < 1.29 is 0 Å². The van der Waals surface area contributed by atoms with Gasteiger partial charge in [-0.3, -0.25) is 0 Å². The Bertz CT molecular complexity index is 645. The van der Waals surface area contributed by atoms with Gasteiger partial charge in [-0.15, -0.1) is 0 Å². The molecule has 21 heavy (non-hydrogen) atoms. The number of piperidine rings is 1. The van der Waals surface area contributed by atoms with Gasteiger partial charge in [0.25, 0.3) is 0 Å². The van der Waals surface area contributed by atoms with Crippen LogP contribution in [0.3, 0.4) is 0 Å². The molecule has 4 heteroatoms. The number of hydrogen-bond donors (Lipinski definition) is 1. The summed E-state index contributed by atoms with van der Waals surface area (Å²) in [5.41, 5.74) is 8.21. The highest BCUT2D eigenvalue weighted by Gasteiger charge is 2.23. The SMILES string of the molecule is Cc1ccc(N)c2ccnc(N(C)C3CCN(C)CC3)c12. The fourth-order valence-corrected chi connectivity index (χ4v) is 3.29. The molecule has 0 radical (unpaired) electrons. The van der Waals surface area contributed by atoms with Gasteiger partial charge in [0.2, 0.25) is 0 Å². The summed E-state index contributed by atoms with van der Waals surface area (Å²) >= 11 is 0. The van der Waals surface area contributed by atoms with Crippen LogP contribution in [-0.4, -0.2) is 43.1 Å². The Hall–Kier alpha value is -1.81. The van der Waals surface area contributed by atoms with Crippen LogP contribution < -0.4 is 10.6 Å². The van der Waals surface area contributed by atoms with Crippen LogP contribution >= 0.6 is 0 Å². The fraction of sp³-hybridized carbons (Fsp3) is 0.471. The molecule has 3 rings (SSSR count). The first-order chi connectivity index (χ1) is 10.1. The first-order valence-corrected chi connectivity index (χ1v) is 7.63. The van der Waals surface area contributed by atoms with E-state index < -0.39 is 0 Å². The zero-order valence-electron chi connectivity index (χ0n) is 13.1. The summed E-state index contributed by atoms with van der Waals surface area (Å²) in [6.07, 6.45) is 4.25. The van der Waals surface area contributed by atoms with Gasteiger partial charge in [0.15, 0.2) is 0 Å². The predicted molar refractivity (Wildman–Crippen MR) is 89.8 cm³/mol. The Morgan fingerprint density at radius 3 is 2.67 bits per heavy atom. The highest BCUT2D eigenvalue weighted by Crippen LogP contribution is 2.32. The van der Waals surface area contributed by atoms with Gasteiger partial charge in [-0.1, -0.05) is 6.07 Å². The molecule has 0 saturated carbocycles. The Balaban J connectivity index is 2.02. The molecule has 2 N–H and O–H groups in total. The lowest BCUT2D eigenvalue weighted by Crippen LogP contribution is -2.42. The highest BCUT2D eigenvalue weighted by molar-refractivity contribution is 6.01. The molecule has 0 spiro atoms. The quantitative estimate of drug-likeness (QED) is 0.861. The molecular weight excluding hydrogens is 260 g/mol. The largest absolute Gasteiger partial charge is 0.398 e. The Labute approximate surface area is 126 Å². The van der Waals surface area contributed by atoms with Crippen LogP contribution in [0.25, 0.3) is 10.8 Å². The standard InChI is InChI=1S/C17H24N4/c1-12-4-5-15(18)14-6-9-19-17(16(12)14)21(3)13-7-10-20(2)11-8-13/h4-6,9,13H,7-8,10-11,18H2,1-3H3. The summed E-state index contributed by atoms with van der Waals surface area (Å²) in [6, 6.07) is 6.64. The molecular formula is C17H24N4. The molecule has 1 aromatic heterocycles. The molecule has 0 bridgehead atoms. The number of aromatic nitrogens is 1. The van der Waals surface area contributed by atoms with E-state index in [1.807, 2.05) is 18.3 Å². The van der Waals surface area contributed by atoms with Crippen molar-refractivity contribution in [1.29, 1.82) is 0 Å². The van der Waals surface area contributed by atoms with E-state index in [1.165, 1.54) is 23.8 Å². The minimum absolute atomic E-state index is 0.556. The number of benzene rings is 1. The third-order valence-corrected chi connectivity index (χ3v) is 4.72. The van der Waals surface area contributed by atoms with Gasteiger partial charge in [0.05, 0.1) is 0 Å².